The van der Waals surface area contributed by atoms with Gasteiger partial charge in [0.25, 0.3) is 0 Å². The van der Waals surface area contributed by atoms with Crippen molar-refractivity contribution in [3.8, 4) is 0 Å². The number of ether oxygens (including phenoxy) is 1. The topological polar surface area (TPSA) is 77.2 Å². The molecule has 114 valence electrons. The predicted octanol–water partition coefficient (Wildman–Crippen LogP) is 0.968. The van der Waals surface area contributed by atoms with Gasteiger partial charge in [-0.25, -0.2) is 4.68 Å². The second-order valence-electron chi connectivity index (χ2n) is 5.62. The first kappa shape index (κ1) is 17.0. The van der Waals surface area contributed by atoms with Gasteiger partial charge in [0.15, 0.2) is 0 Å². The lowest BCUT2D eigenvalue weighted by Gasteiger charge is -2.17. The zero-order valence-corrected chi connectivity index (χ0v) is 13.4. The van der Waals surface area contributed by atoms with Crippen molar-refractivity contribution in [3.05, 3.63) is 11.9 Å². The molecule has 0 saturated heterocycles. The lowest BCUT2D eigenvalue weighted by Crippen LogP contribution is -2.31. The number of nitrogens with zero attached hydrogens (tertiary/aromatic N) is 3. The standard InChI is InChI=1S/C13H23N3O3S/c1-13(2,3)20(4)8-7-19-6-5-11-9-16(15-14-11)10-12(17)18/h9H,5-8,10H2,1-4H3/p+1. The zero-order valence-electron chi connectivity index (χ0n) is 12.6. The first-order chi connectivity index (χ1) is 9.29. The van der Waals surface area contributed by atoms with Gasteiger partial charge in [-0.2, -0.15) is 0 Å². The highest BCUT2D eigenvalue weighted by molar-refractivity contribution is 7.97. The molecule has 20 heavy (non-hydrogen) atoms. The molecule has 1 heterocycles. The van der Waals surface area contributed by atoms with Crippen molar-refractivity contribution in [2.75, 3.05) is 25.2 Å². The molecule has 1 aromatic heterocycles. The van der Waals surface area contributed by atoms with E-state index in [0.717, 1.165) is 18.1 Å². The third kappa shape index (κ3) is 6.38. The molecule has 1 rings (SSSR count). The van der Waals surface area contributed by atoms with Crippen LogP contribution in [0.1, 0.15) is 26.5 Å². The molecule has 1 atom stereocenters. The van der Waals surface area contributed by atoms with Crippen LogP contribution in [0.3, 0.4) is 0 Å². The monoisotopic (exact) mass is 302 g/mol. The van der Waals surface area contributed by atoms with E-state index >= 15 is 0 Å². The molecule has 0 aliphatic rings. The van der Waals surface area contributed by atoms with E-state index in [1.165, 1.54) is 4.68 Å². The Labute approximate surface area is 122 Å². The Bertz CT molecular complexity index is 429. The molecule has 0 amide bonds. The Balaban J connectivity index is 2.18. The van der Waals surface area contributed by atoms with Crippen LogP contribution in [-0.2, 0) is 33.4 Å². The molecule has 1 aromatic rings. The van der Waals surface area contributed by atoms with Crippen LogP contribution in [0.15, 0.2) is 6.20 Å². The summed E-state index contributed by atoms with van der Waals surface area (Å²) in [5, 5.41) is 16.3. The summed E-state index contributed by atoms with van der Waals surface area (Å²) in [4.78, 5) is 10.5. The van der Waals surface area contributed by atoms with Crippen LogP contribution in [-0.4, -0.2) is 56.0 Å². The lowest BCUT2D eigenvalue weighted by molar-refractivity contribution is -0.137. The Morgan fingerprint density at radius 3 is 2.75 bits per heavy atom. The molecule has 1 unspecified atom stereocenters. The van der Waals surface area contributed by atoms with Crippen molar-refractivity contribution in [2.24, 2.45) is 0 Å². The SMILES string of the molecule is C[S+](CCOCCc1cn(CC(=O)O)nn1)C(C)(C)C. The quantitative estimate of drug-likeness (QED) is 0.572. The van der Waals surface area contributed by atoms with Crippen LogP contribution in [0.25, 0.3) is 0 Å². The molecule has 0 bridgehead atoms. The average molecular weight is 302 g/mol. The fraction of sp³-hybridized carbons (Fsp3) is 0.769. The van der Waals surface area contributed by atoms with Gasteiger partial charge in [0.05, 0.1) is 25.2 Å². The van der Waals surface area contributed by atoms with Crippen LogP contribution in [0.2, 0.25) is 0 Å². The molecule has 0 radical (unpaired) electrons. The second kappa shape index (κ2) is 7.64. The number of rotatable bonds is 8. The zero-order chi connectivity index (χ0) is 15.2. The molecule has 0 aromatic carbocycles. The van der Waals surface area contributed by atoms with Gasteiger partial charge in [0.1, 0.15) is 17.0 Å². The molecule has 0 spiro atoms. The highest BCUT2D eigenvalue weighted by Crippen LogP contribution is 2.16. The number of hydrogen-bond acceptors (Lipinski definition) is 4. The van der Waals surface area contributed by atoms with Crippen LogP contribution in [0.4, 0.5) is 0 Å². The number of carbonyl (C=O) groups is 1. The molecule has 0 saturated carbocycles. The highest BCUT2D eigenvalue weighted by Gasteiger charge is 2.28. The van der Waals surface area contributed by atoms with E-state index in [1.54, 1.807) is 6.20 Å². The van der Waals surface area contributed by atoms with Gasteiger partial charge in [-0.1, -0.05) is 5.21 Å². The van der Waals surface area contributed by atoms with E-state index in [2.05, 4.69) is 37.3 Å². The summed E-state index contributed by atoms with van der Waals surface area (Å²) in [6.07, 6.45) is 4.57. The van der Waals surface area contributed by atoms with Gasteiger partial charge in [0.2, 0.25) is 0 Å². The number of carboxylic acid groups (broad SMARTS) is 1. The Morgan fingerprint density at radius 2 is 2.15 bits per heavy atom. The van der Waals surface area contributed by atoms with Crippen molar-refractivity contribution in [2.45, 2.75) is 38.5 Å². The number of carboxylic acids is 1. The Morgan fingerprint density at radius 1 is 1.45 bits per heavy atom. The maximum Gasteiger partial charge on any atom is 0.325 e. The minimum absolute atomic E-state index is 0.155. The van der Waals surface area contributed by atoms with Crippen molar-refractivity contribution in [1.82, 2.24) is 15.0 Å². The smallest absolute Gasteiger partial charge is 0.325 e. The van der Waals surface area contributed by atoms with Crippen molar-refractivity contribution >= 4 is 16.9 Å². The molecular weight excluding hydrogens is 278 g/mol. The van der Waals surface area contributed by atoms with Gasteiger partial charge in [-0.05, 0) is 31.7 Å². The fourth-order valence-corrected chi connectivity index (χ4v) is 2.42. The van der Waals surface area contributed by atoms with Crippen LogP contribution in [0.5, 0.6) is 0 Å². The number of aliphatic carboxylic acids is 1. The first-order valence-corrected chi connectivity index (χ1v) is 8.40. The maximum absolute atomic E-state index is 10.5. The fourth-order valence-electron chi connectivity index (χ4n) is 1.44. The highest BCUT2D eigenvalue weighted by atomic mass is 32.2. The summed E-state index contributed by atoms with van der Waals surface area (Å²) >= 11 is 0. The largest absolute Gasteiger partial charge is 0.480 e. The summed E-state index contributed by atoms with van der Waals surface area (Å²) in [6.45, 7) is 7.93. The van der Waals surface area contributed by atoms with Gasteiger partial charge in [-0.3, -0.25) is 4.79 Å². The van der Waals surface area contributed by atoms with E-state index in [1.807, 2.05) is 0 Å². The maximum atomic E-state index is 10.5. The van der Waals surface area contributed by atoms with Gasteiger partial charge < -0.3 is 9.84 Å². The Hall–Kier alpha value is -1.08. The van der Waals surface area contributed by atoms with Gasteiger partial charge >= 0.3 is 5.97 Å². The van der Waals surface area contributed by atoms with Gasteiger partial charge in [0, 0.05) is 12.6 Å². The summed E-state index contributed by atoms with van der Waals surface area (Å²) in [5.74, 6) is 0.143. The minimum atomic E-state index is -0.921. The number of aromatic nitrogens is 3. The van der Waals surface area contributed by atoms with Crippen molar-refractivity contribution < 1.29 is 14.6 Å². The summed E-state index contributed by atoms with van der Waals surface area (Å²) < 4.78 is 7.26. The van der Waals surface area contributed by atoms with Gasteiger partial charge in [-0.15, -0.1) is 5.10 Å². The van der Waals surface area contributed by atoms with E-state index in [4.69, 9.17) is 9.84 Å². The summed E-state index contributed by atoms with van der Waals surface area (Å²) in [5.41, 5.74) is 0.762. The van der Waals surface area contributed by atoms with E-state index in [9.17, 15) is 4.79 Å². The minimum Gasteiger partial charge on any atom is -0.480 e. The van der Waals surface area contributed by atoms with Crippen molar-refractivity contribution in [1.29, 1.82) is 0 Å². The molecule has 6 nitrogen and oxygen atoms in total. The number of hydrogen-bond donors (Lipinski definition) is 1. The molecule has 0 aliphatic carbocycles. The lowest BCUT2D eigenvalue weighted by atomic mass is 10.3. The average Bonchev–Trinajstić information content (AvgIpc) is 2.73. The third-order valence-electron chi connectivity index (χ3n) is 2.97. The van der Waals surface area contributed by atoms with E-state index < -0.39 is 5.97 Å². The second-order valence-corrected chi connectivity index (χ2v) is 8.52. The normalized spacial score (nSPS) is 13.4. The molecular formula is C13H24N3O3S+. The third-order valence-corrected chi connectivity index (χ3v) is 5.83. The van der Waals surface area contributed by atoms with Crippen LogP contribution >= 0.6 is 0 Å². The molecule has 1 N–H and O–H groups in total. The predicted molar refractivity (Wildman–Crippen MR) is 80.1 cm³/mol. The summed E-state index contributed by atoms with van der Waals surface area (Å²) in [6, 6.07) is 0. The van der Waals surface area contributed by atoms with Crippen LogP contribution in [0, 0.1) is 0 Å². The molecule has 0 aliphatic heterocycles. The first-order valence-electron chi connectivity index (χ1n) is 6.60. The van der Waals surface area contributed by atoms with Crippen molar-refractivity contribution in [3.63, 3.8) is 0 Å². The van der Waals surface area contributed by atoms with Crippen LogP contribution < -0.4 is 0 Å². The summed E-state index contributed by atoms with van der Waals surface area (Å²) in [7, 11) is 0.340. The Kier molecular flexibility index (Phi) is 6.48. The molecule has 7 heteroatoms. The van der Waals surface area contributed by atoms with E-state index in [0.29, 0.717) is 28.7 Å². The molecule has 0 fully saturated rings. The van der Waals surface area contributed by atoms with E-state index in [-0.39, 0.29) is 6.54 Å².